The van der Waals surface area contributed by atoms with Gasteiger partial charge in [0.2, 0.25) is 0 Å². The second kappa shape index (κ2) is 4.73. The summed E-state index contributed by atoms with van der Waals surface area (Å²) in [5.74, 6) is 0. The van der Waals surface area contributed by atoms with Crippen LogP contribution in [-0.4, -0.2) is 24.6 Å². The molecule has 0 spiro atoms. The number of hydrogen-bond acceptors (Lipinski definition) is 3. The van der Waals surface area contributed by atoms with Crippen LogP contribution in [0, 0.1) is 0 Å². The van der Waals surface area contributed by atoms with Crippen molar-refractivity contribution in [3.8, 4) is 0 Å². The van der Waals surface area contributed by atoms with Gasteiger partial charge in [0.25, 0.3) is 5.56 Å². The summed E-state index contributed by atoms with van der Waals surface area (Å²) >= 11 is 0. The van der Waals surface area contributed by atoms with E-state index in [2.05, 4.69) is 4.98 Å². The highest BCUT2D eigenvalue weighted by atomic mass is 31.2. The fourth-order valence-electron chi connectivity index (χ4n) is 0.383. The van der Waals surface area contributed by atoms with Crippen LogP contribution in [0.25, 0.3) is 0 Å². The van der Waals surface area contributed by atoms with Crippen molar-refractivity contribution < 1.29 is 19.2 Å². The van der Waals surface area contributed by atoms with Crippen LogP contribution >= 0.6 is 7.82 Å². The van der Waals surface area contributed by atoms with Crippen molar-refractivity contribution >= 4 is 7.82 Å². The predicted octanol–water partition coefficient (Wildman–Crippen LogP) is -1.87. The van der Waals surface area contributed by atoms with Crippen LogP contribution in [0.2, 0.25) is 0 Å². The van der Waals surface area contributed by atoms with Gasteiger partial charge >= 0.3 is 13.5 Å². The maximum Gasteiger partial charge on any atom is 0.466 e. The Morgan fingerprint density at radius 1 is 1.23 bits per heavy atom. The first kappa shape index (κ1) is 11.8. The lowest BCUT2D eigenvalue weighted by molar-refractivity contribution is 0.275. The van der Waals surface area contributed by atoms with E-state index in [9.17, 15) is 9.59 Å². The Morgan fingerprint density at radius 2 is 1.69 bits per heavy atom. The summed E-state index contributed by atoms with van der Waals surface area (Å²) in [6.45, 7) is 0. The van der Waals surface area contributed by atoms with E-state index in [1.54, 1.807) is 0 Å². The molecule has 9 heteroatoms. The Bertz CT molecular complexity index is 368. The molecular weight excluding hydrogens is 203 g/mol. The van der Waals surface area contributed by atoms with Crippen molar-refractivity contribution in [3.63, 3.8) is 0 Å². The largest absolute Gasteiger partial charge is 0.466 e. The minimum atomic E-state index is -4.64. The number of nitrogens with one attached hydrogen (secondary N) is 2. The second-order valence-electron chi connectivity index (χ2n) is 1.81. The molecule has 0 aliphatic carbocycles. The van der Waals surface area contributed by atoms with Crippen molar-refractivity contribution in [2.24, 2.45) is 0 Å². The number of hydrogen-bond donors (Lipinski definition) is 5. The summed E-state index contributed by atoms with van der Waals surface area (Å²) < 4.78 is 8.88. The maximum atomic E-state index is 10.2. The molecule has 74 valence electrons. The molecule has 0 fully saturated rings. The van der Waals surface area contributed by atoms with Gasteiger partial charge in [0, 0.05) is 12.3 Å². The first-order valence-electron chi connectivity index (χ1n) is 2.85. The zero-order valence-electron chi connectivity index (χ0n) is 6.17. The van der Waals surface area contributed by atoms with Crippen LogP contribution in [0.4, 0.5) is 0 Å². The van der Waals surface area contributed by atoms with Crippen LogP contribution in [0.15, 0.2) is 21.9 Å². The van der Waals surface area contributed by atoms with Crippen LogP contribution in [0.1, 0.15) is 0 Å². The lowest BCUT2D eigenvalue weighted by Crippen LogP contribution is -2.19. The van der Waals surface area contributed by atoms with Gasteiger partial charge in [-0.05, 0) is 0 Å². The van der Waals surface area contributed by atoms with Gasteiger partial charge in [-0.15, -0.1) is 0 Å². The molecule has 0 aliphatic rings. The average Bonchev–Trinajstić information content (AvgIpc) is 1.81. The number of H-pyrrole nitrogens is 2. The van der Waals surface area contributed by atoms with Crippen LogP contribution in [0.3, 0.4) is 0 Å². The first-order valence-corrected chi connectivity index (χ1v) is 4.42. The molecule has 0 unspecified atom stereocenters. The van der Waals surface area contributed by atoms with E-state index in [4.69, 9.17) is 19.2 Å². The van der Waals surface area contributed by atoms with E-state index in [1.807, 2.05) is 4.98 Å². The van der Waals surface area contributed by atoms with Crippen molar-refractivity contribution in [2.75, 3.05) is 0 Å². The summed E-state index contributed by atoms with van der Waals surface area (Å²) in [6, 6.07) is 1.24. The summed E-state index contributed by atoms with van der Waals surface area (Å²) in [4.78, 5) is 46.2. The van der Waals surface area contributed by atoms with Crippen molar-refractivity contribution in [2.45, 2.75) is 0 Å². The van der Waals surface area contributed by atoms with Gasteiger partial charge in [0.15, 0.2) is 0 Å². The molecule has 0 saturated heterocycles. The van der Waals surface area contributed by atoms with Crippen LogP contribution in [0.5, 0.6) is 0 Å². The Kier molecular flexibility index (Phi) is 4.29. The number of rotatable bonds is 0. The SMILES string of the molecule is O=P(O)(O)O.O=c1cc[nH]c(=O)[nH]1. The zero-order chi connectivity index (χ0) is 10.5. The molecule has 1 rings (SSSR count). The van der Waals surface area contributed by atoms with E-state index in [0.29, 0.717) is 0 Å². The van der Waals surface area contributed by atoms with Crippen molar-refractivity contribution in [1.82, 2.24) is 9.97 Å². The quantitative estimate of drug-likeness (QED) is 0.317. The normalized spacial score (nSPS) is 10.1. The summed E-state index contributed by atoms with van der Waals surface area (Å²) in [7, 11) is -4.64. The van der Waals surface area contributed by atoms with Crippen molar-refractivity contribution in [1.29, 1.82) is 0 Å². The van der Waals surface area contributed by atoms with Crippen molar-refractivity contribution in [3.05, 3.63) is 33.1 Å². The van der Waals surface area contributed by atoms with E-state index >= 15 is 0 Å². The molecule has 0 aromatic carbocycles. The highest BCUT2D eigenvalue weighted by molar-refractivity contribution is 7.45. The monoisotopic (exact) mass is 210 g/mol. The summed E-state index contributed by atoms with van der Waals surface area (Å²) in [5, 5.41) is 0. The molecule has 13 heavy (non-hydrogen) atoms. The molecular formula is C4H7N2O6P. The van der Waals surface area contributed by atoms with Gasteiger partial charge in [-0.25, -0.2) is 9.36 Å². The van der Waals surface area contributed by atoms with Gasteiger partial charge in [0.05, 0.1) is 0 Å². The topological polar surface area (TPSA) is 143 Å². The first-order chi connectivity index (χ1) is 5.79. The van der Waals surface area contributed by atoms with E-state index in [0.717, 1.165) is 0 Å². The van der Waals surface area contributed by atoms with Gasteiger partial charge < -0.3 is 19.7 Å². The molecule has 1 aromatic heterocycles. The number of phosphoric acid groups is 1. The molecule has 0 amide bonds. The fraction of sp³-hybridized carbons (Fsp3) is 0. The minimum Gasteiger partial charge on any atom is -0.314 e. The third-order valence-electron chi connectivity index (χ3n) is 0.686. The smallest absolute Gasteiger partial charge is 0.314 e. The highest BCUT2D eigenvalue weighted by Crippen LogP contribution is 2.25. The van der Waals surface area contributed by atoms with E-state index in [-0.39, 0.29) is 5.56 Å². The van der Waals surface area contributed by atoms with Gasteiger partial charge in [-0.3, -0.25) is 9.78 Å². The summed E-state index contributed by atoms with van der Waals surface area (Å²) in [5.41, 5.74) is -0.855. The Morgan fingerprint density at radius 3 is 1.92 bits per heavy atom. The van der Waals surface area contributed by atoms with E-state index in [1.165, 1.54) is 12.3 Å². The summed E-state index contributed by atoms with van der Waals surface area (Å²) in [6.07, 6.45) is 1.29. The van der Waals surface area contributed by atoms with Gasteiger partial charge in [-0.2, -0.15) is 0 Å². The second-order valence-corrected chi connectivity index (χ2v) is 2.84. The Balaban J connectivity index is 0.000000252. The molecule has 0 atom stereocenters. The number of aromatic nitrogens is 2. The molecule has 0 saturated carbocycles. The molecule has 0 aliphatic heterocycles. The molecule has 5 N–H and O–H groups in total. The van der Waals surface area contributed by atoms with Gasteiger partial charge in [0.1, 0.15) is 0 Å². The minimum absolute atomic E-state index is 0.381. The molecule has 0 bridgehead atoms. The maximum absolute atomic E-state index is 10.2. The van der Waals surface area contributed by atoms with E-state index < -0.39 is 13.5 Å². The average molecular weight is 210 g/mol. The molecule has 8 nitrogen and oxygen atoms in total. The Hall–Kier alpha value is -1.21. The van der Waals surface area contributed by atoms with Gasteiger partial charge in [-0.1, -0.05) is 0 Å². The fourth-order valence-corrected chi connectivity index (χ4v) is 0.383. The third kappa shape index (κ3) is 10.8. The predicted molar refractivity (Wildman–Crippen MR) is 41.9 cm³/mol. The molecule has 1 aromatic rings. The number of aromatic amines is 2. The molecule has 1 heterocycles. The van der Waals surface area contributed by atoms with Crippen LogP contribution in [-0.2, 0) is 4.57 Å². The lowest BCUT2D eigenvalue weighted by Gasteiger charge is -1.82. The Labute approximate surface area is 71.1 Å². The molecule has 0 radical (unpaired) electrons. The van der Waals surface area contributed by atoms with Crippen LogP contribution < -0.4 is 11.2 Å². The zero-order valence-corrected chi connectivity index (χ0v) is 7.06. The lowest BCUT2D eigenvalue weighted by atomic mass is 10.7. The highest BCUT2D eigenvalue weighted by Gasteiger charge is 2.00. The third-order valence-corrected chi connectivity index (χ3v) is 0.686. The standard InChI is InChI=1S/C4H4N2O2.H3O4P/c7-3-1-2-5-4(8)6-3;1-5(2,3)4/h1-2H,(H2,5,6,7,8);(H3,1,2,3,4).